The summed E-state index contributed by atoms with van der Waals surface area (Å²) in [5.41, 5.74) is -0.489. The number of hydrogen-bond acceptors (Lipinski definition) is 4. The summed E-state index contributed by atoms with van der Waals surface area (Å²) in [6.07, 6.45) is 2.09. The Labute approximate surface area is 137 Å². The number of carbonyl (C=O) groups is 1. The third-order valence-electron chi connectivity index (χ3n) is 4.37. The molecule has 124 valence electrons. The van der Waals surface area contributed by atoms with E-state index in [1.54, 1.807) is 26.0 Å². The fraction of sp³-hybridized carbons (Fsp3) is 0.500. The monoisotopic (exact) mass is 335 g/mol. The molecule has 0 radical (unpaired) electrons. The van der Waals surface area contributed by atoms with Gasteiger partial charge in [-0.15, -0.1) is 0 Å². The van der Waals surface area contributed by atoms with Gasteiger partial charge in [0.05, 0.1) is 11.0 Å². The van der Waals surface area contributed by atoms with E-state index in [9.17, 15) is 18.5 Å². The molecule has 1 aromatic carbocycles. The number of sulfonamides is 1. The second-order valence-corrected chi connectivity index (χ2v) is 7.90. The lowest BCUT2D eigenvalue weighted by atomic mass is 9.99. The van der Waals surface area contributed by atoms with E-state index in [4.69, 9.17) is 0 Å². The van der Waals surface area contributed by atoms with Crippen molar-refractivity contribution in [2.24, 2.45) is 5.92 Å². The van der Waals surface area contributed by atoms with Crippen LogP contribution in [0.2, 0.25) is 0 Å². The number of nitrogens with zero attached hydrogens (tertiary/aromatic N) is 2. The molecule has 0 aromatic heterocycles. The first-order valence-corrected chi connectivity index (χ1v) is 9.00. The predicted octanol–water partition coefficient (Wildman–Crippen LogP) is 2.35. The summed E-state index contributed by atoms with van der Waals surface area (Å²) >= 11 is 0. The summed E-state index contributed by atoms with van der Waals surface area (Å²) in [7, 11) is -2.32. The Bertz CT molecular complexity index is 733. The van der Waals surface area contributed by atoms with Crippen LogP contribution in [0.15, 0.2) is 29.2 Å². The van der Waals surface area contributed by atoms with Crippen molar-refractivity contribution < 1.29 is 13.2 Å². The first-order chi connectivity index (χ1) is 10.8. The van der Waals surface area contributed by atoms with Gasteiger partial charge < -0.3 is 5.32 Å². The highest BCUT2D eigenvalue weighted by Crippen LogP contribution is 2.43. The molecule has 1 N–H and O–H groups in total. The number of amides is 1. The van der Waals surface area contributed by atoms with Gasteiger partial charge in [0.2, 0.25) is 15.9 Å². The van der Waals surface area contributed by atoms with Crippen molar-refractivity contribution in [3.63, 3.8) is 0 Å². The quantitative estimate of drug-likeness (QED) is 0.864. The molecule has 7 heteroatoms. The topological polar surface area (TPSA) is 90.3 Å². The molecule has 1 aliphatic carbocycles. The Balaban J connectivity index is 2.26. The van der Waals surface area contributed by atoms with Gasteiger partial charge in [0.25, 0.3) is 0 Å². The van der Waals surface area contributed by atoms with Crippen LogP contribution in [-0.2, 0) is 14.8 Å². The largest absolute Gasteiger partial charge is 0.326 e. The van der Waals surface area contributed by atoms with E-state index in [2.05, 4.69) is 11.4 Å². The molecule has 1 saturated carbocycles. The number of nitrogens with one attached hydrogen (secondary N) is 1. The van der Waals surface area contributed by atoms with Gasteiger partial charge in [-0.2, -0.15) is 9.57 Å². The third-order valence-corrected chi connectivity index (χ3v) is 6.34. The fourth-order valence-corrected chi connectivity index (χ4v) is 3.92. The molecule has 23 heavy (non-hydrogen) atoms. The predicted molar refractivity (Wildman–Crippen MR) is 87.1 cm³/mol. The SMILES string of the molecule is CCC(=O)Nc1ccc(S(=O)(=O)N(C)C(C)(C#N)C2CC2)cc1. The van der Waals surface area contributed by atoms with Crippen LogP contribution >= 0.6 is 0 Å². The van der Waals surface area contributed by atoms with Gasteiger partial charge in [0, 0.05) is 19.2 Å². The first kappa shape index (κ1) is 17.4. The van der Waals surface area contributed by atoms with Gasteiger partial charge in [-0.25, -0.2) is 8.42 Å². The summed E-state index contributed by atoms with van der Waals surface area (Å²) in [6.45, 7) is 3.40. The molecule has 2 rings (SSSR count). The van der Waals surface area contributed by atoms with Crippen LogP contribution < -0.4 is 5.32 Å². The Morgan fingerprint density at radius 1 is 1.39 bits per heavy atom. The molecular formula is C16H21N3O3S. The van der Waals surface area contributed by atoms with Gasteiger partial charge in [-0.1, -0.05) is 6.92 Å². The van der Waals surface area contributed by atoms with E-state index < -0.39 is 15.6 Å². The molecule has 1 fully saturated rings. The van der Waals surface area contributed by atoms with E-state index >= 15 is 0 Å². The lowest BCUT2D eigenvalue weighted by Gasteiger charge is -2.32. The average molecular weight is 335 g/mol. The first-order valence-electron chi connectivity index (χ1n) is 7.56. The van der Waals surface area contributed by atoms with Gasteiger partial charge in [-0.3, -0.25) is 4.79 Å². The summed E-state index contributed by atoms with van der Waals surface area (Å²) in [4.78, 5) is 11.5. The number of benzene rings is 1. The van der Waals surface area contributed by atoms with Gasteiger partial charge in [0.15, 0.2) is 0 Å². The van der Waals surface area contributed by atoms with Crippen LogP contribution in [0.4, 0.5) is 5.69 Å². The summed E-state index contributed by atoms with van der Waals surface area (Å²) in [6, 6.07) is 8.14. The van der Waals surface area contributed by atoms with Gasteiger partial charge >= 0.3 is 0 Å². The highest BCUT2D eigenvalue weighted by molar-refractivity contribution is 7.89. The number of hydrogen-bond donors (Lipinski definition) is 1. The van der Waals surface area contributed by atoms with Crippen LogP contribution in [0.1, 0.15) is 33.1 Å². The lowest BCUT2D eigenvalue weighted by molar-refractivity contribution is -0.115. The highest BCUT2D eigenvalue weighted by Gasteiger charge is 2.49. The number of anilines is 1. The lowest BCUT2D eigenvalue weighted by Crippen LogP contribution is -2.47. The molecule has 6 nitrogen and oxygen atoms in total. The van der Waals surface area contributed by atoms with Crippen molar-refractivity contribution in [3.05, 3.63) is 24.3 Å². The van der Waals surface area contributed by atoms with Crippen LogP contribution in [0.25, 0.3) is 0 Å². The Hall–Kier alpha value is -1.91. The molecule has 1 amide bonds. The molecule has 0 saturated heterocycles. The molecule has 1 aliphatic rings. The van der Waals surface area contributed by atoms with Crippen molar-refractivity contribution >= 4 is 21.6 Å². The average Bonchev–Trinajstić information content (AvgIpc) is 3.39. The molecule has 0 bridgehead atoms. The minimum atomic E-state index is -3.77. The van der Waals surface area contributed by atoms with Crippen molar-refractivity contribution in [3.8, 4) is 6.07 Å². The standard InChI is InChI=1S/C16H21N3O3S/c1-4-15(20)18-13-7-9-14(10-8-13)23(21,22)19(3)16(2,11-17)12-5-6-12/h7-10,12H,4-6H2,1-3H3,(H,18,20). The maximum absolute atomic E-state index is 12.7. The molecule has 1 unspecified atom stereocenters. The molecule has 0 spiro atoms. The van der Waals surface area contributed by atoms with Crippen molar-refractivity contribution in [2.75, 3.05) is 12.4 Å². The zero-order valence-corrected chi connectivity index (χ0v) is 14.4. The van der Waals surface area contributed by atoms with Gasteiger partial charge in [0.1, 0.15) is 5.54 Å². The fourth-order valence-electron chi connectivity index (χ4n) is 2.43. The number of carbonyl (C=O) groups excluding carboxylic acids is 1. The van der Waals surface area contributed by atoms with E-state index in [-0.39, 0.29) is 16.7 Å². The van der Waals surface area contributed by atoms with E-state index in [0.717, 1.165) is 17.1 Å². The summed E-state index contributed by atoms with van der Waals surface area (Å²) in [5, 5.41) is 12.1. The van der Waals surface area contributed by atoms with Crippen molar-refractivity contribution in [1.82, 2.24) is 4.31 Å². The van der Waals surface area contributed by atoms with E-state index in [0.29, 0.717) is 12.1 Å². The minimum Gasteiger partial charge on any atom is -0.326 e. The van der Waals surface area contributed by atoms with E-state index in [1.165, 1.54) is 19.2 Å². The third kappa shape index (κ3) is 3.38. The molecule has 1 aromatic rings. The number of rotatable bonds is 6. The van der Waals surface area contributed by atoms with Crippen LogP contribution in [0.5, 0.6) is 0 Å². The minimum absolute atomic E-state index is 0.0791. The normalized spacial score (nSPS) is 17.3. The van der Waals surface area contributed by atoms with Gasteiger partial charge in [-0.05, 0) is 49.9 Å². The Morgan fingerprint density at radius 3 is 2.39 bits per heavy atom. The Kier molecular flexibility index (Phi) is 4.78. The maximum Gasteiger partial charge on any atom is 0.244 e. The Morgan fingerprint density at radius 2 is 1.96 bits per heavy atom. The summed E-state index contributed by atoms with van der Waals surface area (Å²) in [5.74, 6) is -0.0566. The zero-order valence-electron chi connectivity index (χ0n) is 13.5. The van der Waals surface area contributed by atoms with Crippen LogP contribution in [0.3, 0.4) is 0 Å². The summed E-state index contributed by atoms with van der Waals surface area (Å²) < 4.78 is 26.7. The van der Waals surface area contributed by atoms with Crippen molar-refractivity contribution in [2.45, 2.75) is 43.5 Å². The second-order valence-electron chi connectivity index (χ2n) is 5.93. The molecule has 0 aliphatic heterocycles. The molecular weight excluding hydrogens is 314 g/mol. The molecule has 0 heterocycles. The van der Waals surface area contributed by atoms with Crippen LogP contribution in [0, 0.1) is 17.2 Å². The zero-order chi connectivity index (χ0) is 17.3. The van der Waals surface area contributed by atoms with E-state index in [1.807, 2.05) is 0 Å². The number of nitriles is 1. The van der Waals surface area contributed by atoms with Crippen LogP contribution in [-0.4, -0.2) is 31.2 Å². The smallest absolute Gasteiger partial charge is 0.244 e. The second kappa shape index (κ2) is 6.30. The maximum atomic E-state index is 12.7. The molecule has 1 atom stereocenters. The van der Waals surface area contributed by atoms with Crippen molar-refractivity contribution in [1.29, 1.82) is 5.26 Å². The highest BCUT2D eigenvalue weighted by atomic mass is 32.2.